The van der Waals surface area contributed by atoms with Crippen molar-refractivity contribution in [3.05, 3.63) is 23.8 Å². The lowest BCUT2D eigenvalue weighted by atomic mass is 10.1. The Hall–Kier alpha value is -1.36. The molecule has 1 saturated heterocycles. The van der Waals surface area contributed by atoms with Crippen LogP contribution in [-0.4, -0.2) is 37.3 Å². The highest BCUT2D eigenvalue weighted by molar-refractivity contribution is 7.99. The molecule has 104 valence electrons. The quantitative estimate of drug-likeness (QED) is 0.850. The van der Waals surface area contributed by atoms with Crippen molar-refractivity contribution in [2.45, 2.75) is 18.7 Å². The van der Waals surface area contributed by atoms with Gasteiger partial charge in [0.1, 0.15) is 16.9 Å². The molecule has 0 spiro atoms. The molecule has 5 heteroatoms. The second kappa shape index (κ2) is 6.19. The highest BCUT2D eigenvalue weighted by Crippen LogP contribution is 2.43. The van der Waals surface area contributed by atoms with Gasteiger partial charge >= 0.3 is 0 Å². The molecule has 0 radical (unpaired) electrons. The van der Waals surface area contributed by atoms with Crippen molar-refractivity contribution >= 4 is 17.7 Å². The highest BCUT2D eigenvalue weighted by Gasteiger charge is 2.31. The van der Waals surface area contributed by atoms with Crippen molar-refractivity contribution in [3.63, 3.8) is 0 Å². The lowest BCUT2D eigenvalue weighted by Crippen LogP contribution is -2.29. The number of amides is 1. The summed E-state index contributed by atoms with van der Waals surface area (Å²) < 4.78 is 10.6. The average molecular weight is 281 g/mol. The van der Waals surface area contributed by atoms with Gasteiger partial charge in [-0.2, -0.15) is 0 Å². The van der Waals surface area contributed by atoms with E-state index in [4.69, 9.17) is 9.47 Å². The van der Waals surface area contributed by atoms with Crippen LogP contribution in [0.15, 0.2) is 18.2 Å². The number of thioether (sulfide) groups is 1. The third-order valence-electron chi connectivity index (χ3n) is 3.22. The first kappa shape index (κ1) is 14.1. The molecule has 0 unspecified atom stereocenters. The van der Waals surface area contributed by atoms with Crippen LogP contribution >= 0.6 is 11.8 Å². The Kier molecular flexibility index (Phi) is 4.58. The number of hydrogen-bond acceptors (Lipinski definition) is 4. The largest absolute Gasteiger partial charge is 0.497 e. The zero-order chi connectivity index (χ0) is 13.8. The predicted octanol–water partition coefficient (Wildman–Crippen LogP) is 2.69. The first-order valence-electron chi connectivity index (χ1n) is 6.34. The normalized spacial score (nSPS) is 18.5. The van der Waals surface area contributed by atoms with E-state index in [-0.39, 0.29) is 11.3 Å². The Morgan fingerprint density at radius 2 is 2.21 bits per heavy atom. The number of methoxy groups -OCH3 is 2. The Bertz CT molecular complexity index is 464. The van der Waals surface area contributed by atoms with Gasteiger partial charge in [-0.25, -0.2) is 0 Å². The van der Waals surface area contributed by atoms with E-state index in [9.17, 15) is 4.79 Å². The summed E-state index contributed by atoms with van der Waals surface area (Å²) >= 11 is 1.77. The van der Waals surface area contributed by atoms with Crippen LogP contribution in [0.2, 0.25) is 0 Å². The molecule has 1 aliphatic rings. The summed E-state index contributed by atoms with van der Waals surface area (Å²) in [6.45, 7) is 2.70. The van der Waals surface area contributed by atoms with Crippen LogP contribution in [0, 0.1) is 0 Å². The average Bonchev–Trinajstić information content (AvgIpc) is 2.94. The smallest absolute Gasteiger partial charge is 0.223 e. The lowest BCUT2D eigenvalue weighted by molar-refractivity contribution is -0.131. The van der Waals surface area contributed by atoms with Gasteiger partial charge in [0.2, 0.25) is 5.91 Å². The summed E-state index contributed by atoms with van der Waals surface area (Å²) in [6, 6.07) is 5.75. The van der Waals surface area contributed by atoms with E-state index >= 15 is 0 Å². The summed E-state index contributed by atoms with van der Waals surface area (Å²) in [6.07, 6.45) is 0.537. The van der Waals surface area contributed by atoms with Gasteiger partial charge in [-0.15, -0.1) is 11.8 Å². The second-order valence-electron chi connectivity index (χ2n) is 4.27. The maximum absolute atomic E-state index is 12.0. The molecule has 0 aliphatic carbocycles. The van der Waals surface area contributed by atoms with E-state index in [1.54, 1.807) is 26.0 Å². The van der Waals surface area contributed by atoms with Gasteiger partial charge < -0.3 is 14.4 Å². The molecule has 19 heavy (non-hydrogen) atoms. The molecule has 1 aromatic rings. The summed E-state index contributed by atoms with van der Waals surface area (Å²) in [5.41, 5.74) is 1.03. The van der Waals surface area contributed by atoms with Crippen LogP contribution < -0.4 is 9.47 Å². The van der Waals surface area contributed by atoms with Gasteiger partial charge in [0.05, 0.1) is 14.2 Å². The van der Waals surface area contributed by atoms with Crippen molar-refractivity contribution in [1.29, 1.82) is 0 Å². The second-order valence-corrected chi connectivity index (χ2v) is 5.46. The minimum atomic E-state index is 0.0494. The topological polar surface area (TPSA) is 38.8 Å². The van der Waals surface area contributed by atoms with Crippen molar-refractivity contribution < 1.29 is 14.3 Å². The summed E-state index contributed by atoms with van der Waals surface area (Å²) in [5.74, 6) is 2.68. The van der Waals surface area contributed by atoms with Crippen LogP contribution in [0.25, 0.3) is 0 Å². The molecular formula is C14H19NO3S. The number of rotatable bonds is 4. The maximum atomic E-state index is 12.0. The standard InChI is InChI=1S/C14H19NO3S/c1-4-13(16)15-7-8-19-14(15)11-6-5-10(17-2)9-12(11)18-3/h5-6,9,14H,4,7-8H2,1-3H3/t14-/m1/s1. The minimum absolute atomic E-state index is 0.0494. The van der Waals surface area contributed by atoms with Crippen LogP contribution in [0.4, 0.5) is 0 Å². The first-order chi connectivity index (χ1) is 9.21. The van der Waals surface area contributed by atoms with Gasteiger partial charge in [-0.1, -0.05) is 6.92 Å². The molecule has 2 rings (SSSR count). The molecule has 1 heterocycles. The van der Waals surface area contributed by atoms with Crippen molar-refractivity contribution in [1.82, 2.24) is 4.90 Å². The Balaban J connectivity index is 2.32. The number of nitrogens with zero attached hydrogens (tertiary/aromatic N) is 1. The molecule has 1 aromatic carbocycles. The highest BCUT2D eigenvalue weighted by atomic mass is 32.2. The molecule has 1 fully saturated rings. The molecule has 0 bridgehead atoms. The maximum Gasteiger partial charge on any atom is 0.223 e. The van der Waals surface area contributed by atoms with Gasteiger partial charge in [-0.3, -0.25) is 4.79 Å². The zero-order valence-corrected chi connectivity index (χ0v) is 12.3. The molecule has 1 atom stereocenters. The molecule has 0 N–H and O–H groups in total. The number of carbonyl (C=O) groups excluding carboxylic acids is 1. The summed E-state index contributed by atoms with van der Waals surface area (Å²) in [5, 5.41) is 0.0494. The number of hydrogen-bond donors (Lipinski definition) is 0. The number of carbonyl (C=O) groups is 1. The van der Waals surface area contributed by atoms with Crippen molar-refractivity contribution in [3.8, 4) is 11.5 Å². The van der Waals surface area contributed by atoms with E-state index in [2.05, 4.69) is 0 Å². The Labute approximate surface area is 118 Å². The van der Waals surface area contributed by atoms with Gasteiger partial charge in [0, 0.05) is 30.3 Å². The Morgan fingerprint density at radius 3 is 2.84 bits per heavy atom. The van der Waals surface area contributed by atoms with Gasteiger partial charge in [0.15, 0.2) is 0 Å². The van der Waals surface area contributed by atoms with Crippen molar-refractivity contribution in [2.24, 2.45) is 0 Å². The van der Waals surface area contributed by atoms with Crippen LogP contribution in [0.3, 0.4) is 0 Å². The fourth-order valence-corrected chi connectivity index (χ4v) is 3.51. The van der Waals surface area contributed by atoms with Crippen LogP contribution in [-0.2, 0) is 4.79 Å². The van der Waals surface area contributed by atoms with E-state index < -0.39 is 0 Å². The monoisotopic (exact) mass is 281 g/mol. The van der Waals surface area contributed by atoms with Crippen LogP contribution in [0.1, 0.15) is 24.3 Å². The van der Waals surface area contributed by atoms with Gasteiger partial charge in [0.25, 0.3) is 0 Å². The van der Waals surface area contributed by atoms with E-state index in [1.807, 2.05) is 30.0 Å². The van der Waals surface area contributed by atoms with E-state index in [1.165, 1.54) is 0 Å². The Morgan fingerprint density at radius 1 is 1.42 bits per heavy atom. The van der Waals surface area contributed by atoms with Crippen LogP contribution in [0.5, 0.6) is 11.5 Å². The summed E-state index contributed by atoms with van der Waals surface area (Å²) in [7, 11) is 3.27. The fraction of sp³-hybridized carbons (Fsp3) is 0.500. The SMILES string of the molecule is CCC(=O)N1CCS[C@@H]1c1ccc(OC)cc1OC. The third-order valence-corrected chi connectivity index (χ3v) is 4.46. The third kappa shape index (κ3) is 2.81. The number of benzene rings is 1. The lowest BCUT2D eigenvalue weighted by Gasteiger charge is -2.25. The molecule has 0 aromatic heterocycles. The fourth-order valence-electron chi connectivity index (χ4n) is 2.21. The molecule has 1 aliphatic heterocycles. The zero-order valence-electron chi connectivity index (χ0n) is 11.5. The minimum Gasteiger partial charge on any atom is -0.497 e. The molecule has 4 nitrogen and oxygen atoms in total. The van der Waals surface area contributed by atoms with E-state index in [0.717, 1.165) is 29.4 Å². The predicted molar refractivity (Wildman–Crippen MR) is 76.7 cm³/mol. The van der Waals surface area contributed by atoms with Gasteiger partial charge in [-0.05, 0) is 12.1 Å². The molecular weight excluding hydrogens is 262 g/mol. The first-order valence-corrected chi connectivity index (χ1v) is 7.39. The molecule has 0 saturated carbocycles. The molecule has 1 amide bonds. The van der Waals surface area contributed by atoms with Crippen molar-refractivity contribution in [2.75, 3.05) is 26.5 Å². The van der Waals surface area contributed by atoms with E-state index in [0.29, 0.717) is 6.42 Å². The summed E-state index contributed by atoms with van der Waals surface area (Å²) in [4.78, 5) is 13.9. The number of ether oxygens (including phenoxy) is 2.